The number of aromatic nitrogens is 3. The van der Waals surface area contributed by atoms with Gasteiger partial charge in [0.15, 0.2) is 10.8 Å². The van der Waals surface area contributed by atoms with Gasteiger partial charge in [0, 0.05) is 4.88 Å². The molecule has 1 aromatic carbocycles. The van der Waals surface area contributed by atoms with E-state index in [0.29, 0.717) is 6.54 Å². The van der Waals surface area contributed by atoms with Crippen molar-refractivity contribution in [2.45, 2.75) is 45.2 Å². The van der Waals surface area contributed by atoms with E-state index in [0.717, 1.165) is 39.4 Å². The molecule has 28 heavy (non-hydrogen) atoms. The number of H-pyrrole nitrogens is 1. The lowest BCUT2D eigenvalue weighted by Crippen LogP contribution is -3.07. The van der Waals surface area contributed by atoms with Crippen molar-refractivity contribution in [1.82, 2.24) is 15.0 Å². The molecule has 0 spiro atoms. The summed E-state index contributed by atoms with van der Waals surface area (Å²) in [7, 11) is 2.14. The summed E-state index contributed by atoms with van der Waals surface area (Å²) < 4.78 is 1.22. The van der Waals surface area contributed by atoms with E-state index < -0.39 is 0 Å². The Morgan fingerprint density at radius 1 is 1.18 bits per heavy atom. The average molecular weight is 412 g/mol. The van der Waals surface area contributed by atoms with Crippen LogP contribution < -0.4 is 10.5 Å². The number of nitrogens with zero attached hydrogens (tertiary/aromatic N) is 2. The predicted octanol–water partition coefficient (Wildman–Crippen LogP) is 3.25. The first-order chi connectivity index (χ1) is 13.6. The normalized spacial score (nSPS) is 16.4. The van der Waals surface area contributed by atoms with Gasteiger partial charge in [0.05, 0.1) is 22.7 Å². The maximum Gasteiger partial charge on any atom is 0.260 e. The van der Waals surface area contributed by atoms with Crippen LogP contribution in [0.15, 0.2) is 29.1 Å². The first kappa shape index (κ1) is 18.0. The summed E-state index contributed by atoms with van der Waals surface area (Å²) in [5.74, 6) is 0.765. The van der Waals surface area contributed by atoms with Gasteiger partial charge >= 0.3 is 0 Å². The molecular weight excluding hydrogens is 388 g/mol. The van der Waals surface area contributed by atoms with Crippen molar-refractivity contribution in [2.75, 3.05) is 7.05 Å². The van der Waals surface area contributed by atoms with Crippen LogP contribution >= 0.6 is 22.7 Å². The van der Waals surface area contributed by atoms with Gasteiger partial charge in [0.1, 0.15) is 17.4 Å². The maximum absolute atomic E-state index is 12.8. The van der Waals surface area contributed by atoms with Gasteiger partial charge in [0.2, 0.25) is 0 Å². The molecule has 5 rings (SSSR count). The molecule has 0 saturated heterocycles. The Morgan fingerprint density at radius 3 is 2.86 bits per heavy atom. The number of quaternary nitrogens is 1. The van der Waals surface area contributed by atoms with Gasteiger partial charge in [-0.2, -0.15) is 0 Å². The monoisotopic (exact) mass is 411 g/mol. The number of hydrogen-bond acceptors (Lipinski definition) is 5. The van der Waals surface area contributed by atoms with Crippen molar-refractivity contribution in [2.24, 2.45) is 0 Å². The maximum atomic E-state index is 12.8. The van der Waals surface area contributed by atoms with E-state index in [-0.39, 0.29) is 11.6 Å². The summed E-state index contributed by atoms with van der Waals surface area (Å²) in [5.41, 5.74) is 2.33. The Hall–Kier alpha value is -2.09. The Bertz CT molecular complexity index is 1190. The molecule has 3 heterocycles. The predicted molar refractivity (Wildman–Crippen MR) is 116 cm³/mol. The molecule has 1 unspecified atom stereocenters. The molecule has 0 aliphatic heterocycles. The standard InChI is InChI=1S/C21H22N4OS2/c1-12(20-22-14-8-4-6-10-16(14)28-20)25(2)11-17-23-19(26)18-13-7-3-5-9-15(13)27-21(18)24-17/h4,6,8,10,12H,3,5,7,9,11H2,1-2H3,(H,23,24,26)/p+1/t12-/m1/s1. The summed E-state index contributed by atoms with van der Waals surface area (Å²) in [5, 5.41) is 1.95. The van der Waals surface area contributed by atoms with Gasteiger partial charge in [-0.25, -0.2) is 9.97 Å². The van der Waals surface area contributed by atoms with Crippen LogP contribution in [0.5, 0.6) is 0 Å². The van der Waals surface area contributed by atoms with E-state index in [9.17, 15) is 4.79 Å². The molecule has 3 aromatic heterocycles. The van der Waals surface area contributed by atoms with Crippen molar-refractivity contribution in [3.05, 3.63) is 55.9 Å². The SMILES string of the molecule is C[C@H](c1nc2ccccc2s1)[NH+](C)Cc1nc2sc3c(c2c(=O)[nH]1)CCCC3. The molecular formula is C21H23N4OS2+. The van der Waals surface area contributed by atoms with Crippen LogP contribution in [-0.4, -0.2) is 22.0 Å². The number of rotatable bonds is 4. The first-order valence-corrected chi connectivity index (χ1v) is 11.4. The zero-order valence-electron chi connectivity index (χ0n) is 16.0. The fraction of sp³-hybridized carbons (Fsp3) is 0.381. The molecule has 4 aromatic rings. The summed E-state index contributed by atoms with van der Waals surface area (Å²) in [6, 6.07) is 8.48. The quantitative estimate of drug-likeness (QED) is 0.542. The zero-order valence-corrected chi connectivity index (χ0v) is 17.7. The van der Waals surface area contributed by atoms with Gasteiger partial charge in [0.25, 0.3) is 5.56 Å². The highest BCUT2D eigenvalue weighted by atomic mass is 32.1. The van der Waals surface area contributed by atoms with Gasteiger partial charge in [-0.15, -0.1) is 22.7 Å². The summed E-state index contributed by atoms with van der Waals surface area (Å²) >= 11 is 3.46. The Morgan fingerprint density at radius 2 is 2.00 bits per heavy atom. The number of fused-ring (bicyclic) bond motifs is 4. The van der Waals surface area contributed by atoms with Crippen molar-refractivity contribution >= 4 is 43.1 Å². The number of aryl methyl sites for hydroxylation is 2. The lowest BCUT2D eigenvalue weighted by atomic mass is 9.97. The first-order valence-electron chi connectivity index (χ1n) is 9.81. The zero-order chi connectivity index (χ0) is 19.3. The summed E-state index contributed by atoms with van der Waals surface area (Å²) in [4.78, 5) is 29.0. The Labute approximate surface area is 171 Å². The van der Waals surface area contributed by atoms with Crippen LogP contribution in [0.1, 0.15) is 47.1 Å². The number of hydrogen-bond donors (Lipinski definition) is 2. The highest BCUT2D eigenvalue weighted by Gasteiger charge is 2.23. The van der Waals surface area contributed by atoms with Gasteiger partial charge in [-0.1, -0.05) is 12.1 Å². The molecule has 2 atom stereocenters. The van der Waals surface area contributed by atoms with Crippen molar-refractivity contribution < 1.29 is 4.90 Å². The molecule has 144 valence electrons. The third-order valence-electron chi connectivity index (χ3n) is 5.74. The average Bonchev–Trinajstić information content (AvgIpc) is 3.28. The molecule has 0 saturated carbocycles. The van der Waals surface area contributed by atoms with Gasteiger partial charge in [-0.05, 0) is 50.3 Å². The van der Waals surface area contributed by atoms with E-state index in [4.69, 9.17) is 9.97 Å². The molecule has 0 radical (unpaired) electrons. The van der Waals surface area contributed by atoms with E-state index >= 15 is 0 Å². The number of para-hydroxylation sites is 1. The molecule has 1 aliphatic rings. The van der Waals surface area contributed by atoms with E-state index in [2.05, 4.69) is 37.2 Å². The van der Waals surface area contributed by atoms with Crippen LogP contribution in [0.4, 0.5) is 0 Å². The van der Waals surface area contributed by atoms with Crippen molar-refractivity contribution in [3.63, 3.8) is 0 Å². The smallest absolute Gasteiger partial charge is 0.260 e. The van der Waals surface area contributed by atoms with Gasteiger partial charge < -0.3 is 9.88 Å². The third-order valence-corrected chi connectivity index (χ3v) is 8.15. The lowest BCUT2D eigenvalue weighted by molar-refractivity contribution is -0.924. The molecule has 1 aliphatic carbocycles. The number of aromatic amines is 1. The van der Waals surface area contributed by atoms with Crippen LogP contribution in [0.25, 0.3) is 20.4 Å². The highest BCUT2D eigenvalue weighted by molar-refractivity contribution is 7.19. The third kappa shape index (κ3) is 3.07. The number of thiophene rings is 1. The fourth-order valence-corrected chi connectivity index (χ4v) is 6.39. The van der Waals surface area contributed by atoms with Crippen LogP contribution in [-0.2, 0) is 19.4 Å². The highest BCUT2D eigenvalue weighted by Crippen LogP contribution is 2.33. The molecule has 0 amide bonds. The minimum atomic E-state index is 0.0276. The van der Waals surface area contributed by atoms with E-state index in [1.54, 1.807) is 22.7 Å². The largest absolute Gasteiger partial charge is 0.323 e. The summed E-state index contributed by atoms with van der Waals surface area (Å²) in [6.45, 7) is 2.86. The fourth-order valence-electron chi connectivity index (χ4n) is 4.00. The molecule has 7 heteroatoms. The minimum Gasteiger partial charge on any atom is -0.323 e. The second-order valence-corrected chi connectivity index (χ2v) is 9.81. The second-order valence-electron chi connectivity index (χ2n) is 7.67. The van der Waals surface area contributed by atoms with Crippen LogP contribution in [0.2, 0.25) is 0 Å². The van der Waals surface area contributed by atoms with Crippen LogP contribution in [0.3, 0.4) is 0 Å². The Kier molecular flexibility index (Phi) is 4.53. The molecule has 5 nitrogen and oxygen atoms in total. The number of thiazole rings is 1. The van der Waals surface area contributed by atoms with E-state index in [1.807, 2.05) is 6.07 Å². The molecule has 2 N–H and O–H groups in total. The Balaban J connectivity index is 1.43. The lowest BCUT2D eigenvalue weighted by Gasteiger charge is -2.19. The number of nitrogens with one attached hydrogen (secondary N) is 2. The van der Waals surface area contributed by atoms with Crippen molar-refractivity contribution in [3.8, 4) is 0 Å². The summed E-state index contributed by atoms with van der Waals surface area (Å²) in [6.07, 6.45) is 4.49. The minimum absolute atomic E-state index is 0.0276. The van der Waals surface area contributed by atoms with E-state index in [1.165, 1.54) is 32.9 Å². The molecule has 0 bridgehead atoms. The van der Waals surface area contributed by atoms with Gasteiger partial charge in [-0.3, -0.25) is 4.79 Å². The second kappa shape index (κ2) is 7.06. The van der Waals surface area contributed by atoms with Crippen molar-refractivity contribution in [1.29, 1.82) is 0 Å². The molecule has 0 fully saturated rings. The van der Waals surface area contributed by atoms with Crippen LogP contribution in [0, 0.1) is 0 Å². The number of benzene rings is 1. The topological polar surface area (TPSA) is 63.1 Å².